The predicted octanol–water partition coefficient (Wildman–Crippen LogP) is 2.08. The lowest BCUT2D eigenvalue weighted by atomic mass is 10.2. The number of nitrogens with zero attached hydrogens (tertiary/aromatic N) is 2. The van der Waals surface area contributed by atoms with Crippen LogP contribution >= 0.6 is 0 Å². The molecule has 5 heteroatoms. The third kappa shape index (κ3) is 6.59. The molecule has 0 bridgehead atoms. The highest BCUT2D eigenvalue weighted by molar-refractivity contribution is 5.23. The molecular formula is C16H31N3O2. The van der Waals surface area contributed by atoms with Crippen LogP contribution in [0.4, 0.5) is 0 Å². The second-order valence-electron chi connectivity index (χ2n) is 5.69. The summed E-state index contributed by atoms with van der Waals surface area (Å²) in [6.45, 7) is 8.71. The van der Waals surface area contributed by atoms with Gasteiger partial charge in [0.05, 0.1) is 18.4 Å². The first-order valence-corrected chi connectivity index (χ1v) is 8.01. The van der Waals surface area contributed by atoms with E-state index in [1.54, 1.807) is 0 Å². The van der Waals surface area contributed by atoms with Gasteiger partial charge in [-0.25, -0.2) is 0 Å². The molecule has 0 aliphatic carbocycles. The number of unbranched alkanes of at least 4 members (excludes halogenated alkanes) is 3. The molecule has 1 aromatic rings. The maximum Gasteiger partial charge on any atom is 0.0897 e. The van der Waals surface area contributed by atoms with E-state index >= 15 is 0 Å². The number of hydrogen-bond acceptors (Lipinski definition) is 4. The number of rotatable bonds is 11. The van der Waals surface area contributed by atoms with Crippen LogP contribution in [-0.2, 0) is 18.3 Å². The molecule has 0 aliphatic rings. The molecule has 1 atom stereocenters. The summed E-state index contributed by atoms with van der Waals surface area (Å²) in [5.41, 5.74) is 3.43. The van der Waals surface area contributed by atoms with Gasteiger partial charge < -0.3 is 15.2 Å². The van der Waals surface area contributed by atoms with E-state index in [-0.39, 0.29) is 0 Å². The van der Waals surface area contributed by atoms with Crippen LogP contribution in [0.3, 0.4) is 0 Å². The Labute approximate surface area is 128 Å². The third-order valence-electron chi connectivity index (χ3n) is 3.79. The molecule has 0 saturated heterocycles. The lowest BCUT2D eigenvalue weighted by molar-refractivity contribution is 0.0353. The van der Waals surface area contributed by atoms with Crippen molar-refractivity contribution in [2.75, 3.05) is 19.8 Å². The van der Waals surface area contributed by atoms with Gasteiger partial charge in [-0.05, 0) is 20.3 Å². The van der Waals surface area contributed by atoms with E-state index in [9.17, 15) is 5.11 Å². The van der Waals surface area contributed by atoms with Crippen molar-refractivity contribution in [3.63, 3.8) is 0 Å². The van der Waals surface area contributed by atoms with Gasteiger partial charge in [-0.2, -0.15) is 5.10 Å². The lowest BCUT2D eigenvalue weighted by Gasteiger charge is -2.12. The van der Waals surface area contributed by atoms with E-state index < -0.39 is 6.10 Å². The summed E-state index contributed by atoms with van der Waals surface area (Å²) < 4.78 is 7.38. The fourth-order valence-electron chi connectivity index (χ4n) is 2.35. The van der Waals surface area contributed by atoms with Crippen molar-refractivity contribution in [1.29, 1.82) is 0 Å². The molecule has 1 unspecified atom stereocenters. The Bertz CT molecular complexity index is 404. The van der Waals surface area contributed by atoms with Crippen LogP contribution in [-0.4, -0.2) is 40.7 Å². The minimum Gasteiger partial charge on any atom is -0.389 e. The molecule has 5 nitrogen and oxygen atoms in total. The number of hydrogen-bond donors (Lipinski definition) is 2. The minimum atomic E-state index is -0.451. The summed E-state index contributed by atoms with van der Waals surface area (Å²) >= 11 is 0. The third-order valence-corrected chi connectivity index (χ3v) is 3.79. The maximum atomic E-state index is 9.87. The SMILES string of the molecule is CCCCCCOCC(O)CNCc1c(C)nn(C)c1C. The number of ether oxygens (including phenoxy) is 1. The van der Waals surface area contributed by atoms with Gasteiger partial charge in [0.15, 0.2) is 0 Å². The topological polar surface area (TPSA) is 59.3 Å². The van der Waals surface area contributed by atoms with Crippen molar-refractivity contribution in [2.24, 2.45) is 7.05 Å². The molecule has 1 rings (SSSR count). The molecule has 0 radical (unpaired) electrons. The van der Waals surface area contributed by atoms with Gasteiger partial charge in [0, 0.05) is 38.0 Å². The Morgan fingerprint density at radius 1 is 1.29 bits per heavy atom. The Morgan fingerprint density at radius 3 is 2.67 bits per heavy atom. The Morgan fingerprint density at radius 2 is 2.05 bits per heavy atom. The van der Waals surface area contributed by atoms with Crippen molar-refractivity contribution >= 4 is 0 Å². The van der Waals surface area contributed by atoms with E-state index in [2.05, 4.69) is 24.3 Å². The van der Waals surface area contributed by atoms with E-state index in [0.29, 0.717) is 13.2 Å². The molecule has 21 heavy (non-hydrogen) atoms. The van der Waals surface area contributed by atoms with Crippen molar-refractivity contribution in [2.45, 2.75) is 59.1 Å². The Kier molecular flexibility index (Phi) is 8.57. The molecule has 1 heterocycles. The average molecular weight is 297 g/mol. The van der Waals surface area contributed by atoms with E-state index in [1.165, 1.54) is 30.5 Å². The molecule has 0 spiro atoms. The highest BCUT2D eigenvalue weighted by Gasteiger charge is 2.10. The summed E-state index contributed by atoms with van der Waals surface area (Å²) in [6.07, 6.45) is 4.34. The highest BCUT2D eigenvalue weighted by atomic mass is 16.5. The Balaban J connectivity index is 2.12. The first kappa shape index (κ1) is 18.1. The monoisotopic (exact) mass is 297 g/mol. The predicted molar refractivity (Wildman–Crippen MR) is 85.4 cm³/mol. The van der Waals surface area contributed by atoms with Crippen molar-refractivity contribution in [3.8, 4) is 0 Å². The van der Waals surface area contributed by atoms with Crippen molar-refractivity contribution in [1.82, 2.24) is 15.1 Å². The summed E-state index contributed by atoms with van der Waals surface area (Å²) in [7, 11) is 1.95. The summed E-state index contributed by atoms with van der Waals surface area (Å²) in [5.74, 6) is 0. The van der Waals surface area contributed by atoms with Crippen LogP contribution in [0.15, 0.2) is 0 Å². The average Bonchev–Trinajstić information content (AvgIpc) is 2.69. The minimum absolute atomic E-state index is 0.407. The maximum absolute atomic E-state index is 9.87. The van der Waals surface area contributed by atoms with Crippen LogP contribution in [0.1, 0.15) is 49.6 Å². The smallest absolute Gasteiger partial charge is 0.0897 e. The quantitative estimate of drug-likeness (QED) is 0.614. The van der Waals surface area contributed by atoms with Crippen molar-refractivity contribution in [3.05, 3.63) is 17.0 Å². The summed E-state index contributed by atoms with van der Waals surface area (Å²) in [5, 5.41) is 17.5. The molecule has 0 fully saturated rings. The molecule has 2 N–H and O–H groups in total. The van der Waals surface area contributed by atoms with Crippen LogP contribution < -0.4 is 5.32 Å². The Hall–Kier alpha value is -0.910. The van der Waals surface area contributed by atoms with Gasteiger partial charge >= 0.3 is 0 Å². The zero-order valence-electron chi connectivity index (χ0n) is 14.0. The molecule has 0 aliphatic heterocycles. The van der Waals surface area contributed by atoms with Crippen LogP contribution in [0.25, 0.3) is 0 Å². The zero-order valence-corrected chi connectivity index (χ0v) is 14.0. The number of aryl methyl sites for hydroxylation is 2. The molecular weight excluding hydrogens is 266 g/mol. The molecule has 1 aromatic heterocycles. The summed E-state index contributed by atoms with van der Waals surface area (Å²) in [4.78, 5) is 0. The fourth-order valence-corrected chi connectivity index (χ4v) is 2.35. The number of aliphatic hydroxyl groups is 1. The standard InChI is InChI=1S/C16H31N3O2/c1-5-6-7-8-9-21-12-15(20)10-17-11-16-13(2)18-19(4)14(16)3/h15,17,20H,5-12H2,1-4H3. The first-order chi connectivity index (χ1) is 10.1. The molecule has 0 saturated carbocycles. The van der Waals surface area contributed by atoms with E-state index in [1.807, 2.05) is 18.7 Å². The van der Waals surface area contributed by atoms with Gasteiger partial charge in [-0.3, -0.25) is 4.68 Å². The van der Waals surface area contributed by atoms with Gasteiger partial charge in [0.25, 0.3) is 0 Å². The largest absolute Gasteiger partial charge is 0.389 e. The number of aliphatic hydroxyl groups excluding tert-OH is 1. The van der Waals surface area contributed by atoms with Gasteiger partial charge in [-0.15, -0.1) is 0 Å². The van der Waals surface area contributed by atoms with E-state index in [0.717, 1.165) is 25.3 Å². The van der Waals surface area contributed by atoms with Gasteiger partial charge in [-0.1, -0.05) is 26.2 Å². The molecule has 0 amide bonds. The number of nitrogens with one attached hydrogen (secondary N) is 1. The van der Waals surface area contributed by atoms with Crippen LogP contribution in [0.5, 0.6) is 0 Å². The van der Waals surface area contributed by atoms with Crippen LogP contribution in [0.2, 0.25) is 0 Å². The van der Waals surface area contributed by atoms with Gasteiger partial charge in [0.2, 0.25) is 0 Å². The fraction of sp³-hybridized carbons (Fsp3) is 0.812. The second kappa shape index (κ2) is 9.92. The summed E-state index contributed by atoms with van der Waals surface area (Å²) in [6, 6.07) is 0. The molecule has 0 aromatic carbocycles. The highest BCUT2D eigenvalue weighted by Crippen LogP contribution is 2.11. The van der Waals surface area contributed by atoms with Crippen LogP contribution in [0, 0.1) is 13.8 Å². The first-order valence-electron chi connectivity index (χ1n) is 8.01. The zero-order chi connectivity index (χ0) is 15.7. The van der Waals surface area contributed by atoms with E-state index in [4.69, 9.17) is 4.74 Å². The second-order valence-corrected chi connectivity index (χ2v) is 5.69. The molecule has 122 valence electrons. The number of aromatic nitrogens is 2. The van der Waals surface area contributed by atoms with Gasteiger partial charge in [0.1, 0.15) is 0 Å². The normalized spacial score (nSPS) is 12.8. The van der Waals surface area contributed by atoms with Crippen molar-refractivity contribution < 1.29 is 9.84 Å². The lowest BCUT2D eigenvalue weighted by Crippen LogP contribution is -2.30.